The summed E-state index contributed by atoms with van der Waals surface area (Å²) in [6.45, 7) is 3.92. The minimum Gasteiger partial charge on any atom is -0.481 e. The summed E-state index contributed by atoms with van der Waals surface area (Å²) in [5.41, 5.74) is -0.369. The lowest BCUT2D eigenvalue weighted by atomic mass is 9.88. The van der Waals surface area contributed by atoms with E-state index < -0.39 is 17.6 Å². The van der Waals surface area contributed by atoms with Gasteiger partial charge in [-0.3, -0.25) is 9.59 Å². The van der Waals surface area contributed by atoms with Crippen LogP contribution in [-0.2, 0) is 9.59 Å². The first-order chi connectivity index (χ1) is 11.3. The van der Waals surface area contributed by atoms with Crippen molar-refractivity contribution >= 4 is 23.5 Å². The highest BCUT2D eigenvalue weighted by atomic mass is 35.5. The summed E-state index contributed by atoms with van der Waals surface area (Å²) < 4.78 is 0. The van der Waals surface area contributed by atoms with Crippen LogP contribution in [0, 0.1) is 0 Å². The molecule has 0 bridgehead atoms. The number of nitrogens with one attached hydrogen (secondary N) is 1. The highest BCUT2D eigenvalue weighted by molar-refractivity contribution is 6.30. The van der Waals surface area contributed by atoms with Crippen molar-refractivity contribution in [1.82, 2.24) is 5.32 Å². The zero-order chi connectivity index (χ0) is 18.2. The number of halogens is 1. The first kappa shape index (κ1) is 20.5. The third-order valence-corrected chi connectivity index (χ3v) is 4.16. The molecule has 1 rings (SSSR count). The second kappa shape index (κ2) is 9.64. The fourth-order valence-corrected chi connectivity index (χ4v) is 3.02. The molecule has 0 saturated carbocycles. The van der Waals surface area contributed by atoms with Crippen LogP contribution in [0.2, 0.25) is 5.02 Å². The van der Waals surface area contributed by atoms with E-state index in [0.717, 1.165) is 12.8 Å². The molecule has 6 heteroatoms. The predicted octanol–water partition coefficient (Wildman–Crippen LogP) is 3.69. The number of carbonyl (C=O) groups is 2. The van der Waals surface area contributed by atoms with Gasteiger partial charge in [-0.1, -0.05) is 50.4 Å². The Bertz CT molecular complexity index is 538. The van der Waals surface area contributed by atoms with Crippen molar-refractivity contribution < 1.29 is 19.8 Å². The Morgan fingerprint density at radius 3 is 2.17 bits per heavy atom. The van der Waals surface area contributed by atoms with Crippen LogP contribution in [-0.4, -0.2) is 27.7 Å². The van der Waals surface area contributed by atoms with Crippen molar-refractivity contribution in [3.8, 4) is 0 Å². The quantitative estimate of drug-likeness (QED) is 0.597. The molecule has 0 spiro atoms. The van der Waals surface area contributed by atoms with E-state index in [0.29, 0.717) is 23.4 Å². The largest absolute Gasteiger partial charge is 0.481 e. The van der Waals surface area contributed by atoms with Gasteiger partial charge < -0.3 is 15.5 Å². The van der Waals surface area contributed by atoms with E-state index in [1.807, 2.05) is 13.8 Å². The summed E-state index contributed by atoms with van der Waals surface area (Å²) in [5, 5.41) is 23.0. The van der Waals surface area contributed by atoms with Crippen LogP contribution in [0.15, 0.2) is 24.3 Å². The lowest BCUT2D eigenvalue weighted by Gasteiger charge is -2.28. The fourth-order valence-electron chi connectivity index (χ4n) is 2.90. The van der Waals surface area contributed by atoms with E-state index in [1.165, 1.54) is 0 Å². The summed E-state index contributed by atoms with van der Waals surface area (Å²) in [6, 6.07) is 6.05. The van der Waals surface area contributed by atoms with Gasteiger partial charge in [-0.25, -0.2) is 0 Å². The lowest BCUT2D eigenvalue weighted by molar-refractivity contribution is -0.138. The highest BCUT2D eigenvalue weighted by Gasteiger charge is 2.29. The summed E-state index contributed by atoms with van der Waals surface area (Å²) >= 11 is 5.85. The number of aliphatic hydroxyl groups is 1. The maximum Gasteiger partial charge on any atom is 0.305 e. The molecular formula is C18H26ClNO4. The van der Waals surface area contributed by atoms with Gasteiger partial charge in [-0.2, -0.15) is 0 Å². The minimum atomic E-state index is -1.04. The number of aliphatic carboxylic acids is 1. The molecule has 0 aliphatic carbocycles. The van der Waals surface area contributed by atoms with Crippen molar-refractivity contribution in [2.75, 3.05) is 0 Å². The molecule has 0 heterocycles. The molecule has 0 saturated heterocycles. The first-order valence-electron chi connectivity index (χ1n) is 8.28. The third-order valence-electron chi connectivity index (χ3n) is 3.91. The van der Waals surface area contributed by atoms with Crippen LogP contribution < -0.4 is 5.32 Å². The van der Waals surface area contributed by atoms with Crippen LogP contribution in [0.25, 0.3) is 0 Å². The van der Waals surface area contributed by atoms with Crippen molar-refractivity contribution in [3.63, 3.8) is 0 Å². The number of rotatable bonds is 10. The molecule has 0 radical (unpaired) electrons. The number of benzene rings is 1. The molecule has 1 amide bonds. The maximum atomic E-state index is 12.4. The first-order valence-corrected chi connectivity index (χ1v) is 8.66. The van der Waals surface area contributed by atoms with Crippen molar-refractivity contribution in [1.29, 1.82) is 0 Å². The topological polar surface area (TPSA) is 86.6 Å². The second-order valence-corrected chi connectivity index (χ2v) is 6.61. The zero-order valence-electron chi connectivity index (χ0n) is 14.2. The van der Waals surface area contributed by atoms with E-state index in [2.05, 4.69) is 5.32 Å². The van der Waals surface area contributed by atoms with Crippen LogP contribution in [0.3, 0.4) is 0 Å². The summed E-state index contributed by atoms with van der Waals surface area (Å²) in [5.74, 6) is -1.35. The van der Waals surface area contributed by atoms with Gasteiger partial charge in [0, 0.05) is 5.02 Å². The monoisotopic (exact) mass is 355 g/mol. The van der Waals surface area contributed by atoms with Crippen LogP contribution in [0.4, 0.5) is 0 Å². The summed E-state index contributed by atoms with van der Waals surface area (Å²) in [4.78, 5) is 23.4. The van der Waals surface area contributed by atoms with Crippen molar-refractivity contribution in [2.45, 2.75) is 64.0 Å². The molecular weight excluding hydrogens is 330 g/mol. The standard InChI is InChI=1S/C18H26ClNO4/c1-3-9-18(24,10-4-2)12-16(21)20-15(11-17(22)23)13-5-7-14(19)8-6-13/h5-8,15,24H,3-4,9-12H2,1-2H3,(H,20,21)(H,22,23)/t15-/m0/s1. The number of hydrogen-bond donors (Lipinski definition) is 3. The molecule has 0 unspecified atom stereocenters. The molecule has 1 aromatic carbocycles. The molecule has 1 atom stereocenters. The van der Waals surface area contributed by atoms with Crippen LogP contribution in [0.5, 0.6) is 0 Å². The highest BCUT2D eigenvalue weighted by Crippen LogP contribution is 2.25. The van der Waals surface area contributed by atoms with Gasteiger partial charge in [0.25, 0.3) is 0 Å². The Balaban J connectivity index is 2.83. The van der Waals surface area contributed by atoms with Gasteiger partial charge in [-0.05, 0) is 30.5 Å². The Morgan fingerprint density at radius 2 is 1.71 bits per heavy atom. The molecule has 0 fully saturated rings. The normalized spacial score (nSPS) is 12.7. The van der Waals surface area contributed by atoms with Gasteiger partial charge in [0.05, 0.1) is 24.5 Å². The average molecular weight is 356 g/mol. The van der Waals surface area contributed by atoms with E-state index in [1.54, 1.807) is 24.3 Å². The molecule has 0 aliphatic heterocycles. The van der Waals surface area contributed by atoms with Crippen LogP contribution in [0.1, 0.15) is 64.0 Å². The van der Waals surface area contributed by atoms with E-state index in [9.17, 15) is 14.7 Å². The number of amides is 1. The van der Waals surface area contributed by atoms with Crippen molar-refractivity contribution in [2.24, 2.45) is 0 Å². The molecule has 24 heavy (non-hydrogen) atoms. The fraction of sp³-hybridized carbons (Fsp3) is 0.556. The predicted molar refractivity (Wildman–Crippen MR) is 94.0 cm³/mol. The molecule has 0 aromatic heterocycles. The molecule has 134 valence electrons. The van der Waals surface area contributed by atoms with Crippen molar-refractivity contribution in [3.05, 3.63) is 34.9 Å². The summed E-state index contributed by atoms with van der Waals surface area (Å²) in [7, 11) is 0. The number of carboxylic acid groups (broad SMARTS) is 1. The number of carbonyl (C=O) groups excluding carboxylic acids is 1. The Kier molecular flexibility index (Phi) is 8.22. The van der Waals surface area contributed by atoms with E-state index in [4.69, 9.17) is 16.7 Å². The molecule has 0 aliphatic rings. The SMILES string of the molecule is CCCC(O)(CCC)CC(=O)N[C@@H](CC(=O)O)c1ccc(Cl)cc1. The van der Waals surface area contributed by atoms with Gasteiger partial charge in [0.15, 0.2) is 0 Å². The van der Waals surface area contributed by atoms with Gasteiger partial charge in [0.1, 0.15) is 0 Å². The lowest BCUT2D eigenvalue weighted by Crippen LogP contribution is -2.38. The number of hydrogen-bond acceptors (Lipinski definition) is 3. The van der Waals surface area contributed by atoms with Crippen LogP contribution >= 0.6 is 11.6 Å². The number of carboxylic acids is 1. The smallest absolute Gasteiger partial charge is 0.305 e. The molecule has 1 aromatic rings. The average Bonchev–Trinajstić information content (AvgIpc) is 2.46. The Morgan fingerprint density at radius 1 is 1.17 bits per heavy atom. The minimum absolute atomic E-state index is 0.0294. The van der Waals surface area contributed by atoms with Gasteiger partial charge in [-0.15, -0.1) is 0 Å². The Labute approximate surface area is 148 Å². The second-order valence-electron chi connectivity index (χ2n) is 6.17. The molecule has 5 nitrogen and oxygen atoms in total. The Hall–Kier alpha value is -1.59. The van der Waals surface area contributed by atoms with Gasteiger partial charge in [0.2, 0.25) is 5.91 Å². The third kappa shape index (κ3) is 6.89. The van der Waals surface area contributed by atoms with E-state index >= 15 is 0 Å². The zero-order valence-corrected chi connectivity index (χ0v) is 15.0. The van der Waals surface area contributed by atoms with E-state index in [-0.39, 0.29) is 18.7 Å². The summed E-state index contributed by atoms with van der Waals surface area (Å²) in [6.07, 6.45) is 2.38. The van der Waals surface area contributed by atoms with Gasteiger partial charge >= 0.3 is 5.97 Å². The maximum absolute atomic E-state index is 12.4. The molecule has 3 N–H and O–H groups in total.